The zero-order chi connectivity index (χ0) is 16.7. The molecule has 0 saturated carbocycles. The van der Waals surface area contributed by atoms with Crippen LogP contribution in [0.4, 0.5) is 5.69 Å². The fourth-order valence-electron chi connectivity index (χ4n) is 2.61. The maximum absolute atomic E-state index is 12.2. The van der Waals surface area contributed by atoms with Gasteiger partial charge in [0.25, 0.3) is 0 Å². The summed E-state index contributed by atoms with van der Waals surface area (Å²) in [5.41, 5.74) is 6.89. The summed E-state index contributed by atoms with van der Waals surface area (Å²) in [5, 5.41) is 19.2. The Morgan fingerprint density at radius 2 is 1.96 bits per heavy atom. The van der Waals surface area contributed by atoms with E-state index in [0.29, 0.717) is 16.6 Å². The number of aliphatic hydroxyl groups excluding tert-OH is 1. The van der Waals surface area contributed by atoms with Crippen LogP contribution in [-0.2, 0) is 9.59 Å². The van der Waals surface area contributed by atoms with Crippen molar-refractivity contribution in [3.05, 3.63) is 57.7 Å². The van der Waals surface area contributed by atoms with Gasteiger partial charge in [-0.1, -0.05) is 15.9 Å². The number of amides is 1. The number of hydrogen-bond acceptors (Lipinski definition) is 5. The normalized spacial score (nSPS) is 20.9. The van der Waals surface area contributed by atoms with Crippen LogP contribution in [0.15, 0.2) is 57.7 Å². The van der Waals surface area contributed by atoms with Crippen LogP contribution >= 0.6 is 15.9 Å². The first-order valence-corrected chi connectivity index (χ1v) is 7.58. The molecule has 1 aromatic rings. The number of nitrogens with zero attached hydrogens (tertiary/aromatic N) is 1. The van der Waals surface area contributed by atoms with Crippen molar-refractivity contribution in [2.24, 2.45) is 5.73 Å². The van der Waals surface area contributed by atoms with E-state index in [2.05, 4.69) is 15.9 Å². The number of fused-ring (bicyclic) bond motifs is 1. The zero-order valence-corrected chi connectivity index (χ0v) is 13.4. The van der Waals surface area contributed by atoms with Crippen LogP contribution < -0.4 is 10.6 Å². The lowest BCUT2D eigenvalue weighted by atomic mass is 9.84. The molecule has 0 fully saturated rings. The van der Waals surface area contributed by atoms with Gasteiger partial charge in [-0.25, -0.2) is 0 Å². The number of phenols is 1. The first-order valence-electron chi connectivity index (χ1n) is 6.79. The van der Waals surface area contributed by atoms with Gasteiger partial charge < -0.3 is 20.8 Å². The average Bonchev–Trinajstić information content (AvgIpc) is 2.50. The first-order chi connectivity index (χ1) is 10.9. The number of nitrogens with two attached hydrogens (primary N) is 1. The molecule has 1 aliphatic carbocycles. The summed E-state index contributed by atoms with van der Waals surface area (Å²) in [7, 11) is 0. The molecule has 1 atom stereocenters. The highest BCUT2D eigenvalue weighted by molar-refractivity contribution is 9.11. The Morgan fingerprint density at radius 1 is 1.30 bits per heavy atom. The number of primary amides is 1. The lowest BCUT2D eigenvalue weighted by Crippen LogP contribution is -2.36. The van der Waals surface area contributed by atoms with Gasteiger partial charge in [0.2, 0.25) is 5.91 Å². The molecule has 0 bridgehead atoms. The van der Waals surface area contributed by atoms with E-state index in [4.69, 9.17) is 5.73 Å². The molecule has 1 aliphatic heterocycles. The minimum Gasteiger partial charge on any atom is -0.508 e. The number of carbonyl (C=O) groups is 2. The van der Waals surface area contributed by atoms with E-state index in [9.17, 15) is 19.8 Å². The molecule has 0 saturated heterocycles. The number of aromatic hydroxyl groups is 1. The van der Waals surface area contributed by atoms with Gasteiger partial charge in [0.15, 0.2) is 5.78 Å². The van der Waals surface area contributed by atoms with Gasteiger partial charge >= 0.3 is 0 Å². The number of rotatable bonds is 2. The Bertz CT molecular complexity index is 793. The number of ketones is 1. The smallest absolute Gasteiger partial charge is 0.249 e. The second kappa shape index (κ2) is 5.68. The molecule has 0 aromatic heterocycles. The number of aliphatic hydroxyl groups is 1. The van der Waals surface area contributed by atoms with Crippen LogP contribution in [0.25, 0.3) is 0 Å². The molecule has 23 heavy (non-hydrogen) atoms. The molecular formula is C16H13BrN2O4. The summed E-state index contributed by atoms with van der Waals surface area (Å²) < 4.78 is 0.555. The Kier molecular flexibility index (Phi) is 3.83. The molecule has 3 rings (SSSR count). The molecule has 0 radical (unpaired) electrons. The Balaban J connectivity index is 2.11. The van der Waals surface area contributed by atoms with Crippen molar-refractivity contribution in [1.29, 1.82) is 0 Å². The average molecular weight is 377 g/mol. The van der Waals surface area contributed by atoms with Crippen molar-refractivity contribution >= 4 is 33.3 Å². The van der Waals surface area contributed by atoms with E-state index >= 15 is 0 Å². The summed E-state index contributed by atoms with van der Waals surface area (Å²) >= 11 is 3.36. The number of hydrogen-bond donors (Lipinski definition) is 3. The zero-order valence-electron chi connectivity index (χ0n) is 11.9. The van der Waals surface area contributed by atoms with E-state index < -0.39 is 17.8 Å². The predicted octanol–water partition coefficient (Wildman–Crippen LogP) is 1.10. The number of Topliss-reactive ketones (excluding diaryl/α,β-unsaturated/α-hetero) is 1. The standard InChI is InChI=1S/C16H13BrN2O4/c17-12-7-19(8-1-3-9(20)4-2-8)6-11-10(16(18)23)5-13(21)15(22)14(11)12/h1-6,13,20-21H,7H2,(H2,18,23). The maximum Gasteiger partial charge on any atom is 0.249 e. The molecule has 2 aliphatic rings. The third-order valence-corrected chi connectivity index (χ3v) is 4.36. The van der Waals surface area contributed by atoms with Crippen LogP contribution in [0.2, 0.25) is 0 Å². The van der Waals surface area contributed by atoms with Crippen molar-refractivity contribution in [1.82, 2.24) is 0 Å². The van der Waals surface area contributed by atoms with E-state index in [-0.39, 0.29) is 16.9 Å². The van der Waals surface area contributed by atoms with Gasteiger partial charge in [0, 0.05) is 33.1 Å². The van der Waals surface area contributed by atoms with Crippen LogP contribution in [0.3, 0.4) is 0 Å². The van der Waals surface area contributed by atoms with Crippen molar-refractivity contribution in [2.75, 3.05) is 11.4 Å². The Hall–Kier alpha value is -2.38. The Morgan fingerprint density at radius 3 is 2.57 bits per heavy atom. The van der Waals surface area contributed by atoms with Crippen LogP contribution in [0, 0.1) is 0 Å². The molecule has 0 spiro atoms. The fourth-order valence-corrected chi connectivity index (χ4v) is 3.29. The fraction of sp³-hybridized carbons (Fsp3) is 0.125. The minimum atomic E-state index is -1.38. The van der Waals surface area contributed by atoms with Crippen LogP contribution in [0.5, 0.6) is 5.75 Å². The summed E-state index contributed by atoms with van der Waals surface area (Å²) in [6.07, 6.45) is 1.44. The van der Waals surface area contributed by atoms with Gasteiger partial charge in [0.1, 0.15) is 11.9 Å². The van der Waals surface area contributed by atoms with Gasteiger partial charge in [0.05, 0.1) is 6.54 Å². The van der Waals surface area contributed by atoms with Gasteiger partial charge in [-0.15, -0.1) is 0 Å². The molecule has 1 heterocycles. The number of anilines is 1. The molecular weight excluding hydrogens is 364 g/mol. The molecule has 118 valence electrons. The highest BCUT2D eigenvalue weighted by Crippen LogP contribution is 2.37. The highest BCUT2D eigenvalue weighted by atomic mass is 79.9. The second-order valence-electron chi connectivity index (χ2n) is 5.22. The van der Waals surface area contributed by atoms with E-state index in [1.165, 1.54) is 6.08 Å². The molecule has 7 heteroatoms. The monoisotopic (exact) mass is 376 g/mol. The lowest BCUT2D eigenvalue weighted by Gasteiger charge is -2.31. The molecule has 1 unspecified atom stereocenters. The number of halogens is 1. The maximum atomic E-state index is 12.2. The van der Waals surface area contributed by atoms with E-state index in [1.54, 1.807) is 30.5 Å². The molecule has 4 N–H and O–H groups in total. The number of benzene rings is 1. The van der Waals surface area contributed by atoms with Gasteiger partial charge in [-0.05, 0) is 30.3 Å². The molecule has 1 aromatic carbocycles. The van der Waals surface area contributed by atoms with Crippen LogP contribution in [0.1, 0.15) is 0 Å². The summed E-state index contributed by atoms with van der Waals surface area (Å²) in [6.45, 7) is 0.355. The van der Waals surface area contributed by atoms with E-state index in [1.807, 2.05) is 4.90 Å². The van der Waals surface area contributed by atoms with Gasteiger partial charge in [-0.3, -0.25) is 9.59 Å². The number of phenolic OH excluding ortho intramolecular Hbond substituents is 1. The third-order valence-electron chi connectivity index (χ3n) is 3.71. The largest absolute Gasteiger partial charge is 0.508 e. The summed E-state index contributed by atoms with van der Waals surface area (Å²) in [4.78, 5) is 25.7. The molecule has 6 nitrogen and oxygen atoms in total. The third kappa shape index (κ3) is 2.69. The second-order valence-corrected chi connectivity index (χ2v) is 6.18. The SMILES string of the molecule is NC(=O)C1=CC(O)C(=O)C2=C(Br)CN(c3ccc(O)cc3)C=C12. The number of carbonyl (C=O) groups excluding carboxylic acids is 2. The molecule has 1 amide bonds. The van der Waals surface area contributed by atoms with Crippen molar-refractivity contribution in [3.8, 4) is 5.75 Å². The van der Waals surface area contributed by atoms with Crippen molar-refractivity contribution in [2.45, 2.75) is 6.10 Å². The van der Waals surface area contributed by atoms with Gasteiger partial charge in [-0.2, -0.15) is 0 Å². The summed E-state index contributed by atoms with van der Waals surface area (Å²) in [5.74, 6) is -1.05. The van der Waals surface area contributed by atoms with Crippen LogP contribution in [-0.4, -0.2) is 34.6 Å². The predicted molar refractivity (Wildman–Crippen MR) is 87.8 cm³/mol. The Labute approximate surface area is 140 Å². The lowest BCUT2D eigenvalue weighted by molar-refractivity contribution is -0.121. The van der Waals surface area contributed by atoms with E-state index in [0.717, 1.165) is 5.69 Å². The topological polar surface area (TPSA) is 104 Å². The highest BCUT2D eigenvalue weighted by Gasteiger charge is 2.35. The van der Waals surface area contributed by atoms with Crippen molar-refractivity contribution < 1.29 is 19.8 Å². The minimum absolute atomic E-state index is 0.104. The first kappa shape index (κ1) is 15.5. The van der Waals surface area contributed by atoms with Crippen molar-refractivity contribution in [3.63, 3.8) is 0 Å². The quantitative estimate of drug-likeness (QED) is 0.716. The summed E-state index contributed by atoms with van der Waals surface area (Å²) in [6, 6.07) is 6.51.